The van der Waals surface area contributed by atoms with Crippen LogP contribution in [0.15, 0.2) is 48.5 Å². The first kappa shape index (κ1) is 24.5. The first-order valence-corrected chi connectivity index (χ1v) is 11.8. The Morgan fingerprint density at radius 2 is 1.42 bits per heavy atom. The summed E-state index contributed by atoms with van der Waals surface area (Å²) in [7, 11) is 0. The fourth-order valence-electron chi connectivity index (χ4n) is 3.85. The summed E-state index contributed by atoms with van der Waals surface area (Å²) in [6.45, 7) is 8.71. The number of amides is 3. The van der Waals surface area contributed by atoms with Crippen LogP contribution in [-0.4, -0.2) is 42.3 Å². The van der Waals surface area contributed by atoms with Crippen LogP contribution >= 0.6 is 0 Å². The lowest BCUT2D eigenvalue weighted by atomic mass is 9.87. The van der Waals surface area contributed by atoms with Gasteiger partial charge in [0.15, 0.2) is 0 Å². The van der Waals surface area contributed by atoms with Gasteiger partial charge >= 0.3 is 0 Å². The number of carbonyl (C=O) groups excluding carboxylic acids is 3. The normalized spacial score (nSPS) is 14.0. The third-order valence-electron chi connectivity index (χ3n) is 5.98. The molecule has 0 bridgehead atoms. The average Bonchev–Trinajstić information content (AvgIpc) is 2.82. The molecule has 0 spiro atoms. The van der Waals surface area contributed by atoms with Crippen LogP contribution in [-0.2, 0) is 16.8 Å². The Morgan fingerprint density at radius 1 is 0.818 bits per heavy atom. The minimum Gasteiger partial charge on any atom is -0.352 e. The van der Waals surface area contributed by atoms with Gasteiger partial charge in [0.25, 0.3) is 11.8 Å². The van der Waals surface area contributed by atoms with E-state index in [1.807, 2.05) is 53.4 Å². The standard InChI is InChI=1S/C27H35N3O3/c1-27(2,3)23-13-11-21(12-14-23)25(32)28-16-15-24(31)29-19-20-7-9-22(10-8-20)26(33)30-17-5-4-6-18-30/h7-14H,4-6,15-19H2,1-3H3,(H,28,32)(H,29,31). The number of hydrogen-bond acceptors (Lipinski definition) is 3. The molecular formula is C27H35N3O3. The molecule has 0 aromatic heterocycles. The van der Waals surface area contributed by atoms with Gasteiger partial charge in [-0.15, -0.1) is 0 Å². The summed E-state index contributed by atoms with van der Waals surface area (Å²) in [5, 5.41) is 5.66. The predicted molar refractivity (Wildman–Crippen MR) is 130 cm³/mol. The zero-order valence-electron chi connectivity index (χ0n) is 19.9. The fraction of sp³-hybridized carbons (Fsp3) is 0.444. The van der Waals surface area contributed by atoms with Crippen molar-refractivity contribution in [3.8, 4) is 0 Å². The molecule has 0 aliphatic carbocycles. The molecule has 1 aliphatic heterocycles. The summed E-state index contributed by atoms with van der Waals surface area (Å²) in [6, 6.07) is 15.0. The second-order valence-electron chi connectivity index (χ2n) is 9.66. The molecule has 0 saturated carbocycles. The Labute approximate surface area is 196 Å². The Balaban J connectivity index is 1.38. The highest BCUT2D eigenvalue weighted by Crippen LogP contribution is 2.22. The molecule has 6 nitrogen and oxygen atoms in total. The van der Waals surface area contributed by atoms with Crippen LogP contribution in [0.4, 0.5) is 0 Å². The number of benzene rings is 2. The van der Waals surface area contributed by atoms with E-state index in [0.717, 1.165) is 31.5 Å². The predicted octanol–water partition coefficient (Wildman–Crippen LogP) is 4.05. The van der Waals surface area contributed by atoms with Crippen molar-refractivity contribution >= 4 is 17.7 Å². The first-order valence-electron chi connectivity index (χ1n) is 11.8. The van der Waals surface area contributed by atoms with Gasteiger partial charge in [-0.25, -0.2) is 0 Å². The Morgan fingerprint density at radius 3 is 2.03 bits per heavy atom. The largest absolute Gasteiger partial charge is 0.352 e. The molecule has 1 fully saturated rings. The van der Waals surface area contributed by atoms with E-state index in [-0.39, 0.29) is 36.1 Å². The number of piperidine rings is 1. The van der Waals surface area contributed by atoms with Gasteiger partial charge in [0, 0.05) is 43.7 Å². The zero-order chi connectivity index (χ0) is 23.8. The van der Waals surface area contributed by atoms with E-state index >= 15 is 0 Å². The summed E-state index contributed by atoms with van der Waals surface area (Å²) in [6.07, 6.45) is 3.54. The Kier molecular flexibility index (Phi) is 8.26. The first-order chi connectivity index (χ1) is 15.7. The maximum Gasteiger partial charge on any atom is 0.253 e. The zero-order valence-corrected chi connectivity index (χ0v) is 19.9. The third kappa shape index (κ3) is 7.17. The van der Waals surface area contributed by atoms with E-state index in [1.54, 1.807) is 0 Å². The Bertz CT molecular complexity index is 954. The molecule has 6 heteroatoms. The van der Waals surface area contributed by atoms with E-state index in [2.05, 4.69) is 31.4 Å². The third-order valence-corrected chi connectivity index (χ3v) is 5.98. The fourth-order valence-corrected chi connectivity index (χ4v) is 3.85. The van der Waals surface area contributed by atoms with Crippen LogP contribution < -0.4 is 10.6 Å². The number of nitrogens with one attached hydrogen (secondary N) is 2. The molecule has 176 valence electrons. The molecule has 2 N–H and O–H groups in total. The van der Waals surface area contributed by atoms with Gasteiger partial charge in [-0.05, 0) is 60.1 Å². The molecule has 1 saturated heterocycles. The van der Waals surface area contributed by atoms with Gasteiger partial charge in [0.1, 0.15) is 0 Å². The van der Waals surface area contributed by atoms with E-state index in [4.69, 9.17) is 0 Å². The van der Waals surface area contributed by atoms with E-state index in [9.17, 15) is 14.4 Å². The van der Waals surface area contributed by atoms with E-state index < -0.39 is 0 Å². The van der Waals surface area contributed by atoms with Crippen molar-refractivity contribution in [1.29, 1.82) is 0 Å². The summed E-state index contributed by atoms with van der Waals surface area (Å²) in [5.41, 5.74) is 3.41. The molecule has 1 aliphatic rings. The van der Waals surface area contributed by atoms with Crippen molar-refractivity contribution in [2.24, 2.45) is 0 Å². The van der Waals surface area contributed by atoms with Crippen molar-refractivity contribution in [1.82, 2.24) is 15.5 Å². The molecule has 2 aromatic carbocycles. The van der Waals surface area contributed by atoms with Crippen molar-refractivity contribution in [2.75, 3.05) is 19.6 Å². The average molecular weight is 450 g/mol. The van der Waals surface area contributed by atoms with Crippen LogP contribution in [0.25, 0.3) is 0 Å². The highest BCUT2D eigenvalue weighted by Gasteiger charge is 2.18. The molecule has 3 amide bonds. The Hall–Kier alpha value is -3.15. The van der Waals surface area contributed by atoms with Gasteiger partial charge in [0.05, 0.1) is 0 Å². The number of nitrogens with zero attached hydrogens (tertiary/aromatic N) is 1. The van der Waals surface area contributed by atoms with Crippen molar-refractivity contribution in [3.63, 3.8) is 0 Å². The molecule has 0 radical (unpaired) electrons. The van der Waals surface area contributed by atoms with Crippen LogP contribution in [0.1, 0.15) is 78.3 Å². The maximum atomic E-state index is 12.5. The minimum atomic E-state index is -0.183. The number of rotatable bonds is 7. The quantitative estimate of drug-likeness (QED) is 0.669. The molecule has 0 unspecified atom stereocenters. The maximum absolute atomic E-state index is 12.5. The van der Waals surface area contributed by atoms with E-state index in [1.165, 1.54) is 12.0 Å². The van der Waals surface area contributed by atoms with Crippen LogP contribution in [0.2, 0.25) is 0 Å². The molecule has 3 rings (SSSR count). The number of hydrogen-bond donors (Lipinski definition) is 2. The van der Waals surface area contributed by atoms with Crippen LogP contribution in [0.5, 0.6) is 0 Å². The molecule has 1 heterocycles. The van der Waals surface area contributed by atoms with Crippen molar-refractivity contribution < 1.29 is 14.4 Å². The van der Waals surface area contributed by atoms with Gasteiger partial charge in [-0.2, -0.15) is 0 Å². The van der Waals surface area contributed by atoms with Gasteiger partial charge in [-0.3, -0.25) is 14.4 Å². The summed E-state index contributed by atoms with van der Waals surface area (Å²) < 4.78 is 0. The molecular weight excluding hydrogens is 414 g/mol. The topological polar surface area (TPSA) is 78.5 Å². The highest BCUT2D eigenvalue weighted by atomic mass is 16.2. The lowest BCUT2D eigenvalue weighted by molar-refractivity contribution is -0.121. The number of carbonyl (C=O) groups is 3. The van der Waals surface area contributed by atoms with Crippen molar-refractivity contribution in [3.05, 3.63) is 70.8 Å². The van der Waals surface area contributed by atoms with E-state index in [0.29, 0.717) is 17.7 Å². The summed E-state index contributed by atoms with van der Waals surface area (Å²) >= 11 is 0. The van der Waals surface area contributed by atoms with Crippen LogP contribution in [0.3, 0.4) is 0 Å². The summed E-state index contributed by atoms with van der Waals surface area (Å²) in [4.78, 5) is 38.9. The smallest absolute Gasteiger partial charge is 0.253 e. The lowest BCUT2D eigenvalue weighted by Crippen LogP contribution is -2.35. The monoisotopic (exact) mass is 449 g/mol. The van der Waals surface area contributed by atoms with Gasteiger partial charge in [-0.1, -0.05) is 45.0 Å². The minimum absolute atomic E-state index is 0.0380. The SMILES string of the molecule is CC(C)(C)c1ccc(C(=O)NCCC(=O)NCc2ccc(C(=O)N3CCCCC3)cc2)cc1. The second-order valence-corrected chi connectivity index (χ2v) is 9.66. The number of likely N-dealkylation sites (tertiary alicyclic amines) is 1. The highest BCUT2D eigenvalue weighted by molar-refractivity contribution is 5.95. The van der Waals surface area contributed by atoms with Gasteiger partial charge in [0.2, 0.25) is 5.91 Å². The van der Waals surface area contributed by atoms with Crippen molar-refractivity contribution in [2.45, 2.75) is 58.4 Å². The van der Waals surface area contributed by atoms with Gasteiger partial charge < -0.3 is 15.5 Å². The van der Waals surface area contributed by atoms with Crippen LogP contribution in [0, 0.1) is 0 Å². The molecule has 2 aromatic rings. The lowest BCUT2D eigenvalue weighted by Gasteiger charge is -2.26. The second kappa shape index (κ2) is 11.1. The molecule has 33 heavy (non-hydrogen) atoms. The molecule has 0 atom stereocenters. The summed E-state index contributed by atoms with van der Waals surface area (Å²) in [5.74, 6) is -0.238.